The van der Waals surface area contributed by atoms with Crippen LogP contribution in [0.2, 0.25) is 0 Å². The third-order valence-electron chi connectivity index (χ3n) is 3.60. The molecule has 0 aliphatic rings. The summed E-state index contributed by atoms with van der Waals surface area (Å²) in [6.45, 7) is 0. The minimum Gasteiger partial charge on any atom is -0.481 e. The molecule has 7 N–H and O–H groups in total. The van der Waals surface area contributed by atoms with E-state index in [1.807, 2.05) is 0 Å². The van der Waals surface area contributed by atoms with Gasteiger partial charge in [-0.25, -0.2) is 4.79 Å². The molecule has 0 spiro atoms. The molecule has 0 unspecified atom stereocenters. The first-order chi connectivity index (χ1) is 12.8. The number of hydrogen-bond acceptors (Lipinski definition) is 5. The van der Waals surface area contributed by atoms with Crippen molar-refractivity contribution < 1.29 is 24.6 Å². The first kappa shape index (κ1) is 19.4. The van der Waals surface area contributed by atoms with Crippen molar-refractivity contribution in [2.45, 2.75) is 12.5 Å². The Bertz CT molecular complexity index is 880. The van der Waals surface area contributed by atoms with Crippen molar-refractivity contribution in [3.63, 3.8) is 0 Å². The van der Waals surface area contributed by atoms with E-state index in [-0.39, 0.29) is 11.4 Å². The normalized spacial score (nSPS) is 11.3. The molecule has 0 aliphatic carbocycles. The molecule has 0 radical (unpaired) electrons. The maximum atomic E-state index is 12.4. The monoisotopic (exact) mass is 370 g/mol. The number of anilines is 2. The summed E-state index contributed by atoms with van der Waals surface area (Å²) in [5.74, 6) is -3.07. The molecule has 9 nitrogen and oxygen atoms in total. The second-order valence-corrected chi connectivity index (χ2v) is 5.66. The van der Waals surface area contributed by atoms with Gasteiger partial charge in [-0.2, -0.15) is 0 Å². The Labute approximate surface area is 154 Å². The van der Waals surface area contributed by atoms with Crippen LogP contribution in [0.5, 0.6) is 0 Å². The van der Waals surface area contributed by atoms with Crippen LogP contribution in [0, 0.1) is 5.41 Å². The summed E-state index contributed by atoms with van der Waals surface area (Å²) in [6, 6.07) is 11.1. The summed E-state index contributed by atoms with van der Waals surface area (Å²) >= 11 is 0. The number of carbonyl (C=O) groups is 3. The lowest BCUT2D eigenvalue weighted by Crippen LogP contribution is -2.31. The number of amidine groups is 1. The van der Waals surface area contributed by atoms with Crippen LogP contribution in [-0.2, 0) is 9.59 Å². The highest BCUT2D eigenvalue weighted by Crippen LogP contribution is 2.16. The number of amides is 1. The first-order valence-corrected chi connectivity index (χ1v) is 7.83. The number of nitrogen functional groups attached to an aromatic ring is 1. The molecule has 0 saturated carbocycles. The van der Waals surface area contributed by atoms with Crippen LogP contribution in [0.1, 0.15) is 22.3 Å². The van der Waals surface area contributed by atoms with Gasteiger partial charge in [0.05, 0.1) is 6.42 Å². The fourth-order valence-corrected chi connectivity index (χ4v) is 2.26. The van der Waals surface area contributed by atoms with Crippen molar-refractivity contribution in [3.8, 4) is 0 Å². The lowest BCUT2D eigenvalue weighted by molar-refractivity contribution is -0.144. The Morgan fingerprint density at radius 3 is 2.22 bits per heavy atom. The van der Waals surface area contributed by atoms with E-state index in [0.717, 1.165) is 0 Å². The van der Waals surface area contributed by atoms with Gasteiger partial charge in [-0.15, -0.1) is 0 Å². The topological polar surface area (TPSA) is 166 Å². The van der Waals surface area contributed by atoms with Gasteiger partial charge in [0.15, 0.2) is 0 Å². The van der Waals surface area contributed by atoms with Gasteiger partial charge in [0, 0.05) is 22.5 Å². The molecular weight excluding hydrogens is 352 g/mol. The highest BCUT2D eigenvalue weighted by Gasteiger charge is 2.21. The van der Waals surface area contributed by atoms with Crippen molar-refractivity contribution >= 4 is 35.1 Å². The molecule has 140 valence electrons. The lowest BCUT2D eigenvalue weighted by atomic mass is 10.1. The third kappa shape index (κ3) is 5.56. The number of hydrogen-bond donors (Lipinski definition) is 6. The van der Waals surface area contributed by atoms with E-state index in [1.165, 1.54) is 18.2 Å². The quantitative estimate of drug-likeness (QED) is 0.303. The Balaban J connectivity index is 2.11. The SMILES string of the molecule is N=C(N)c1ccc(NC(=O)c2cccc(N[C@@H](CC(=O)O)C(=O)O)c2)cc1. The Kier molecular flexibility index (Phi) is 6.10. The Morgan fingerprint density at radius 1 is 1.00 bits per heavy atom. The van der Waals surface area contributed by atoms with E-state index >= 15 is 0 Å². The van der Waals surface area contributed by atoms with Gasteiger partial charge in [-0.3, -0.25) is 15.0 Å². The first-order valence-electron chi connectivity index (χ1n) is 7.83. The molecule has 1 amide bonds. The number of benzene rings is 2. The van der Waals surface area contributed by atoms with Gasteiger partial charge in [0.1, 0.15) is 11.9 Å². The number of carbonyl (C=O) groups excluding carboxylic acids is 1. The van der Waals surface area contributed by atoms with Gasteiger partial charge in [0.25, 0.3) is 5.91 Å². The van der Waals surface area contributed by atoms with Gasteiger partial charge in [-0.05, 0) is 42.5 Å². The van der Waals surface area contributed by atoms with E-state index in [4.69, 9.17) is 21.4 Å². The van der Waals surface area contributed by atoms with E-state index in [9.17, 15) is 14.4 Å². The number of aliphatic carboxylic acids is 2. The number of nitrogens with one attached hydrogen (secondary N) is 3. The zero-order valence-electron chi connectivity index (χ0n) is 14.1. The van der Waals surface area contributed by atoms with Crippen LogP contribution in [-0.4, -0.2) is 39.9 Å². The highest BCUT2D eigenvalue weighted by atomic mass is 16.4. The van der Waals surface area contributed by atoms with Crippen LogP contribution < -0.4 is 16.4 Å². The van der Waals surface area contributed by atoms with Crippen LogP contribution in [0.4, 0.5) is 11.4 Å². The van der Waals surface area contributed by atoms with E-state index in [1.54, 1.807) is 30.3 Å². The standard InChI is InChI=1S/C18H18N4O5/c19-16(20)10-4-6-12(7-5-10)22-17(25)11-2-1-3-13(8-11)21-14(18(26)27)9-15(23)24/h1-8,14,21H,9H2,(H3,19,20)(H,22,25)(H,23,24)(H,26,27)/t14-/m0/s1. The molecule has 0 bridgehead atoms. The number of carboxylic acid groups (broad SMARTS) is 2. The fraction of sp³-hybridized carbons (Fsp3) is 0.111. The molecule has 2 aromatic carbocycles. The average molecular weight is 370 g/mol. The summed E-state index contributed by atoms with van der Waals surface area (Å²) in [4.78, 5) is 34.3. The summed E-state index contributed by atoms with van der Waals surface area (Å²) in [6.07, 6.45) is -0.603. The molecule has 9 heteroatoms. The van der Waals surface area contributed by atoms with E-state index in [2.05, 4.69) is 10.6 Å². The molecule has 0 heterocycles. The summed E-state index contributed by atoms with van der Waals surface area (Å²) in [5, 5.41) is 30.5. The van der Waals surface area contributed by atoms with Crippen molar-refractivity contribution in [3.05, 3.63) is 59.7 Å². The summed E-state index contributed by atoms with van der Waals surface area (Å²) in [7, 11) is 0. The molecule has 0 aromatic heterocycles. The Hall–Kier alpha value is -3.88. The van der Waals surface area contributed by atoms with E-state index < -0.39 is 30.3 Å². The van der Waals surface area contributed by atoms with Gasteiger partial charge in [-0.1, -0.05) is 6.07 Å². The Morgan fingerprint density at radius 2 is 1.67 bits per heavy atom. The van der Waals surface area contributed by atoms with Crippen molar-refractivity contribution in [1.29, 1.82) is 5.41 Å². The van der Waals surface area contributed by atoms with Crippen LogP contribution in [0.15, 0.2) is 48.5 Å². The maximum absolute atomic E-state index is 12.4. The summed E-state index contributed by atoms with van der Waals surface area (Å²) in [5.41, 5.74) is 6.97. The predicted molar refractivity (Wildman–Crippen MR) is 99.2 cm³/mol. The maximum Gasteiger partial charge on any atom is 0.326 e. The predicted octanol–water partition coefficient (Wildman–Crippen LogP) is 1.56. The fourth-order valence-electron chi connectivity index (χ4n) is 2.26. The van der Waals surface area contributed by atoms with Gasteiger partial charge >= 0.3 is 11.9 Å². The average Bonchev–Trinajstić information content (AvgIpc) is 2.61. The second kappa shape index (κ2) is 8.48. The van der Waals surface area contributed by atoms with Crippen LogP contribution in [0.25, 0.3) is 0 Å². The van der Waals surface area contributed by atoms with Crippen LogP contribution in [0.3, 0.4) is 0 Å². The molecule has 2 rings (SSSR count). The molecule has 2 aromatic rings. The molecule has 0 fully saturated rings. The summed E-state index contributed by atoms with van der Waals surface area (Å²) < 4.78 is 0. The zero-order chi connectivity index (χ0) is 20.0. The second-order valence-electron chi connectivity index (χ2n) is 5.66. The minimum atomic E-state index is -1.32. The smallest absolute Gasteiger partial charge is 0.326 e. The number of nitrogens with two attached hydrogens (primary N) is 1. The van der Waals surface area contributed by atoms with Crippen molar-refractivity contribution in [1.82, 2.24) is 0 Å². The van der Waals surface area contributed by atoms with Gasteiger partial charge in [0.2, 0.25) is 0 Å². The zero-order valence-corrected chi connectivity index (χ0v) is 14.1. The van der Waals surface area contributed by atoms with Crippen molar-refractivity contribution in [2.75, 3.05) is 10.6 Å². The number of rotatable bonds is 8. The highest BCUT2D eigenvalue weighted by molar-refractivity contribution is 6.05. The molecule has 27 heavy (non-hydrogen) atoms. The van der Waals surface area contributed by atoms with Crippen LogP contribution >= 0.6 is 0 Å². The van der Waals surface area contributed by atoms with Gasteiger partial charge < -0.3 is 26.6 Å². The van der Waals surface area contributed by atoms with Crippen molar-refractivity contribution in [2.24, 2.45) is 5.73 Å². The molecule has 1 atom stereocenters. The molecule has 0 aliphatic heterocycles. The molecular formula is C18H18N4O5. The van der Waals surface area contributed by atoms with E-state index in [0.29, 0.717) is 16.9 Å². The minimum absolute atomic E-state index is 0.0824. The molecule has 0 saturated heterocycles. The number of carboxylic acids is 2. The largest absolute Gasteiger partial charge is 0.481 e. The third-order valence-corrected chi connectivity index (χ3v) is 3.60. The lowest BCUT2D eigenvalue weighted by Gasteiger charge is -2.14.